The molecule has 0 aromatic heterocycles. The third-order valence-corrected chi connectivity index (χ3v) is 7.96. The average molecular weight is 494 g/mol. The quantitative estimate of drug-likeness (QED) is 0.696. The van der Waals surface area contributed by atoms with Gasteiger partial charge >= 0.3 is 12.1 Å². The summed E-state index contributed by atoms with van der Waals surface area (Å²) in [5, 5.41) is 12.6. The molecule has 5 rings (SSSR count). The summed E-state index contributed by atoms with van der Waals surface area (Å²) in [6.07, 6.45) is 3.11. The summed E-state index contributed by atoms with van der Waals surface area (Å²) in [5.41, 5.74) is 1.00. The van der Waals surface area contributed by atoms with Crippen LogP contribution in [0.1, 0.15) is 42.9 Å². The fraction of sp³-hybridized carbons (Fsp3) is 0.444. The molecule has 3 aliphatic heterocycles. The van der Waals surface area contributed by atoms with Crippen LogP contribution in [0.3, 0.4) is 0 Å². The van der Waals surface area contributed by atoms with Crippen molar-refractivity contribution in [2.75, 3.05) is 32.7 Å². The number of amides is 4. The van der Waals surface area contributed by atoms with Crippen LogP contribution < -0.4 is 5.32 Å². The molecule has 2 aromatic rings. The number of nitriles is 1. The Morgan fingerprint density at radius 1 is 1.00 bits per heavy atom. The lowest BCUT2D eigenvalue weighted by Gasteiger charge is -2.44. The zero-order chi connectivity index (χ0) is 25.3. The predicted molar refractivity (Wildman–Crippen MR) is 129 cm³/mol. The van der Waals surface area contributed by atoms with E-state index in [4.69, 9.17) is 0 Å². The van der Waals surface area contributed by atoms with Gasteiger partial charge in [0.1, 0.15) is 0 Å². The summed E-state index contributed by atoms with van der Waals surface area (Å²) in [7, 11) is 0. The van der Waals surface area contributed by atoms with Crippen molar-refractivity contribution in [3.05, 3.63) is 71.3 Å². The number of rotatable bonds is 3. The highest BCUT2D eigenvalue weighted by Crippen LogP contribution is 2.36. The van der Waals surface area contributed by atoms with E-state index >= 15 is 0 Å². The standard InChI is InChI=1S/C27H29F2N5O2/c28-22-7-6-19(16-23(22)29)24-17-31-25(35)34(24)26(36)33-12-8-21(9-13-33)32-14-10-27(18-30,11-15-32)20-4-2-1-3-5-20/h1-7,16,21,24H,8-15,17H2,(H,31,35). The Balaban J connectivity index is 1.19. The van der Waals surface area contributed by atoms with Crippen LogP contribution in [-0.2, 0) is 5.41 Å². The molecule has 3 saturated heterocycles. The zero-order valence-electron chi connectivity index (χ0n) is 20.0. The Bertz CT molecular complexity index is 1170. The molecule has 1 unspecified atom stereocenters. The van der Waals surface area contributed by atoms with Gasteiger partial charge in [-0.2, -0.15) is 5.26 Å². The molecule has 2 aromatic carbocycles. The van der Waals surface area contributed by atoms with Crippen LogP contribution in [0.5, 0.6) is 0 Å². The first-order valence-electron chi connectivity index (χ1n) is 12.4. The van der Waals surface area contributed by atoms with Crippen LogP contribution in [0, 0.1) is 23.0 Å². The van der Waals surface area contributed by atoms with E-state index in [2.05, 4.69) is 16.3 Å². The number of carbonyl (C=O) groups excluding carboxylic acids is 2. The number of likely N-dealkylation sites (tertiary alicyclic amines) is 2. The van der Waals surface area contributed by atoms with E-state index < -0.39 is 35.2 Å². The zero-order valence-corrected chi connectivity index (χ0v) is 20.0. The Morgan fingerprint density at radius 2 is 1.69 bits per heavy atom. The van der Waals surface area contributed by atoms with Gasteiger partial charge in [0, 0.05) is 38.8 Å². The molecule has 0 aliphatic carbocycles. The number of halogens is 2. The van der Waals surface area contributed by atoms with Crippen LogP contribution >= 0.6 is 0 Å². The Hall–Kier alpha value is -3.51. The molecule has 9 heteroatoms. The van der Waals surface area contributed by atoms with Crippen molar-refractivity contribution in [2.24, 2.45) is 0 Å². The fourth-order valence-corrected chi connectivity index (χ4v) is 5.78. The van der Waals surface area contributed by atoms with E-state index in [1.807, 2.05) is 30.3 Å². The van der Waals surface area contributed by atoms with Gasteiger partial charge < -0.3 is 15.1 Å². The molecule has 7 nitrogen and oxygen atoms in total. The lowest BCUT2D eigenvalue weighted by Crippen LogP contribution is -2.53. The smallest absolute Gasteiger partial charge is 0.328 e. The van der Waals surface area contributed by atoms with Gasteiger partial charge in [0.05, 0.1) is 17.5 Å². The third-order valence-electron chi connectivity index (χ3n) is 7.96. The monoisotopic (exact) mass is 493 g/mol. The molecule has 0 saturated carbocycles. The average Bonchev–Trinajstić information content (AvgIpc) is 3.31. The Labute approximate surface area is 209 Å². The van der Waals surface area contributed by atoms with E-state index in [0.717, 1.165) is 61.4 Å². The van der Waals surface area contributed by atoms with Crippen LogP contribution in [0.2, 0.25) is 0 Å². The van der Waals surface area contributed by atoms with Gasteiger partial charge in [-0.1, -0.05) is 36.4 Å². The molecule has 0 bridgehead atoms. The number of piperidine rings is 2. The summed E-state index contributed by atoms with van der Waals surface area (Å²) in [4.78, 5) is 31.0. The number of benzene rings is 2. The number of urea groups is 2. The van der Waals surface area contributed by atoms with Gasteiger partial charge in [-0.3, -0.25) is 0 Å². The first kappa shape index (κ1) is 24.2. The molecule has 4 amide bonds. The Kier molecular flexibility index (Phi) is 6.63. The van der Waals surface area contributed by atoms with Gasteiger partial charge in [0.25, 0.3) is 0 Å². The first-order valence-corrected chi connectivity index (χ1v) is 12.4. The molecule has 1 atom stereocenters. The normalized spacial score (nSPS) is 22.8. The largest absolute Gasteiger partial charge is 0.335 e. The molecule has 3 heterocycles. The minimum absolute atomic E-state index is 0.155. The second kappa shape index (κ2) is 9.86. The van der Waals surface area contributed by atoms with E-state index in [1.54, 1.807) is 4.90 Å². The second-order valence-corrected chi connectivity index (χ2v) is 9.84. The van der Waals surface area contributed by atoms with Gasteiger partial charge in [0.2, 0.25) is 0 Å². The minimum Gasteiger partial charge on any atom is -0.335 e. The van der Waals surface area contributed by atoms with Crippen LogP contribution in [0.15, 0.2) is 48.5 Å². The molecule has 188 valence electrons. The van der Waals surface area contributed by atoms with Crippen molar-refractivity contribution in [3.8, 4) is 6.07 Å². The number of hydrogen-bond acceptors (Lipinski definition) is 4. The molecule has 3 aliphatic rings. The first-order chi connectivity index (χ1) is 17.4. The molecular formula is C27H29F2N5O2. The van der Waals surface area contributed by atoms with Crippen molar-refractivity contribution in [2.45, 2.75) is 43.2 Å². The molecule has 0 radical (unpaired) electrons. The fourth-order valence-electron chi connectivity index (χ4n) is 5.78. The van der Waals surface area contributed by atoms with Crippen molar-refractivity contribution in [1.29, 1.82) is 5.26 Å². The lowest BCUT2D eigenvalue weighted by atomic mass is 9.73. The molecule has 36 heavy (non-hydrogen) atoms. The minimum atomic E-state index is -1.01. The number of nitrogens with zero attached hydrogens (tertiary/aromatic N) is 4. The number of nitrogens with one attached hydrogen (secondary N) is 1. The lowest BCUT2D eigenvalue weighted by molar-refractivity contribution is 0.0791. The summed E-state index contributed by atoms with van der Waals surface area (Å²) in [5.74, 6) is -1.97. The number of carbonyl (C=O) groups is 2. The highest BCUT2D eigenvalue weighted by molar-refractivity contribution is 5.95. The van der Waals surface area contributed by atoms with E-state index in [1.165, 1.54) is 6.07 Å². The molecule has 3 fully saturated rings. The van der Waals surface area contributed by atoms with Crippen LogP contribution in [-0.4, -0.2) is 65.5 Å². The van der Waals surface area contributed by atoms with E-state index in [9.17, 15) is 23.6 Å². The van der Waals surface area contributed by atoms with E-state index in [-0.39, 0.29) is 6.54 Å². The van der Waals surface area contributed by atoms with Crippen molar-refractivity contribution in [1.82, 2.24) is 20.0 Å². The van der Waals surface area contributed by atoms with Crippen molar-refractivity contribution in [3.63, 3.8) is 0 Å². The maximum Gasteiger partial charge on any atom is 0.328 e. The topological polar surface area (TPSA) is 79.7 Å². The third kappa shape index (κ3) is 4.42. The number of imide groups is 1. The van der Waals surface area contributed by atoms with Crippen molar-refractivity contribution < 1.29 is 18.4 Å². The highest BCUT2D eigenvalue weighted by atomic mass is 19.2. The van der Waals surface area contributed by atoms with Gasteiger partial charge in [-0.05, 0) is 48.9 Å². The molecule has 0 spiro atoms. The van der Waals surface area contributed by atoms with Gasteiger partial charge in [-0.15, -0.1) is 0 Å². The molecule has 1 N–H and O–H groups in total. The highest BCUT2D eigenvalue weighted by Gasteiger charge is 2.42. The SMILES string of the molecule is N#CC1(c2ccccc2)CCN(C2CCN(C(=O)N3C(=O)NCC3c3ccc(F)c(F)c3)CC2)CC1. The van der Waals surface area contributed by atoms with E-state index in [0.29, 0.717) is 24.7 Å². The predicted octanol–water partition coefficient (Wildman–Crippen LogP) is 4.17. The Morgan fingerprint density at radius 3 is 2.33 bits per heavy atom. The van der Waals surface area contributed by atoms with Crippen LogP contribution in [0.25, 0.3) is 0 Å². The van der Waals surface area contributed by atoms with Crippen molar-refractivity contribution >= 4 is 12.1 Å². The summed E-state index contributed by atoms with van der Waals surface area (Å²) in [6, 6.07) is 14.7. The summed E-state index contributed by atoms with van der Waals surface area (Å²) >= 11 is 0. The number of hydrogen-bond donors (Lipinski definition) is 1. The molecular weight excluding hydrogens is 464 g/mol. The van der Waals surface area contributed by atoms with Gasteiger partial charge in [0.15, 0.2) is 11.6 Å². The summed E-state index contributed by atoms with van der Waals surface area (Å²) in [6.45, 7) is 2.83. The maximum atomic E-state index is 13.8. The van der Waals surface area contributed by atoms with Crippen LogP contribution in [0.4, 0.5) is 18.4 Å². The maximum absolute atomic E-state index is 13.8. The second-order valence-electron chi connectivity index (χ2n) is 9.84. The summed E-state index contributed by atoms with van der Waals surface area (Å²) < 4.78 is 27.2. The van der Waals surface area contributed by atoms with Gasteiger partial charge in [-0.25, -0.2) is 23.3 Å².